The lowest BCUT2D eigenvalue weighted by Gasteiger charge is -2.12. The van der Waals surface area contributed by atoms with Crippen molar-refractivity contribution in [3.05, 3.63) is 29.8 Å². The Morgan fingerprint density at radius 3 is 2.60 bits per heavy atom. The number of nitrogen functional groups attached to an aromatic ring is 1. The molecule has 84 valence electrons. The van der Waals surface area contributed by atoms with Gasteiger partial charge in [0.25, 0.3) is 0 Å². The van der Waals surface area contributed by atoms with Crippen molar-refractivity contribution < 1.29 is 8.42 Å². The topological polar surface area (TPSA) is 86.2 Å². The summed E-state index contributed by atoms with van der Waals surface area (Å²) in [5.41, 5.74) is 12.7. The zero-order chi connectivity index (χ0) is 11.5. The summed E-state index contributed by atoms with van der Waals surface area (Å²) in [5.74, 6) is 0.0793. The number of anilines is 1. The number of rotatable bonds is 4. The van der Waals surface area contributed by atoms with Crippen molar-refractivity contribution in [1.82, 2.24) is 0 Å². The fourth-order valence-corrected chi connectivity index (χ4v) is 2.25. The highest BCUT2D eigenvalue weighted by atomic mass is 32.2. The van der Waals surface area contributed by atoms with Crippen LogP contribution in [-0.2, 0) is 9.84 Å². The summed E-state index contributed by atoms with van der Waals surface area (Å²) < 4.78 is 22.7. The molecule has 0 spiro atoms. The summed E-state index contributed by atoms with van der Waals surface area (Å²) >= 11 is 0. The van der Waals surface area contributed by atoms with Gasteiger partial charge in [0, 0.05) is 17.5 Å². The summed E-state index contributed by atoms with van der Waals surface area (Å²) in [6, 6.07) is 6.49. The third-order valence-electron chi connectivity index (χ3n) is 2.21. The van der Waals surface area contributed by atoms with Gasteiger partial charge < -0.3 is 11.5 Å². The fraction of sp³-hybridized carbons (Fsp3) is 0.400. The van der Waals surface area contributed by atoms with Crippen LogP contribution in [0, 0.1) is 0 Å². The molecule has 5 heteroatoms. The van der Waals surface area contributed by atoms with Crippen LogP contribution in [0.4, 0.5) is 5.69 Å². The van der Waals surface area contributed by atoms with Gasteiger partial charge >= 0.3 is 0 Å². The Morgan fingerprint density at radius 1 is 1.40 bits per heavy atom. The van der Waals surface area contributed by atoms with Gasteiger partial charge in [0.15, 0.2) is 9.84 Å². The van der Waals surface area contributed by atoms with Crippen LogP contribution in [0.3, 0.4) is 0 Å². The van der Waals surface area contributed by atoms with Gasteiger partial charge in [0.05, 0.1) is 5.75 Å². The van der Waals surface area contributed by atoms with Gasteiger partial charge in [-0.2, -0.15) is 0 Å². The van der Waals surface area contributed by atoms with Crippen LogP contribution in [0.15, 0.2) is 24.3 Å². The highest BCUT2D eigenvalue weighted by Crippen LogP contribution is 2.15. The lowest BCUT2D eigenvalue weighted by Crippen LogP contribution is -2.22. The summed E-state index contributed by atoms with van der Waals surface area (Å²) in [4.78, 5) is 0. The second-order valence-electron chi connectivity index (χ2n) is 3.48. The Bertz CT molecular complexity index is 429. The summed E-state index contributed by atoms with van der Waals surface area (Å²) in [6.45, 7) is 1.61. The first-order chi connectivity index (χ1) is 6.94. The van der Waals surface area contributed by atoms with Crippen LogP contribution in [0.25, 0.3) is 0 Å². The molecule has 0 aromatic heterocycles. The standard InChI is InChI=1S/C10H16N2O2S/c1-2-15(13,14)7-10(12)8-4-3-5-9(11)6-8/h3-6,10H,2,7,11-12H2,1H3. The van der Waals surface area contributed by atoms with Gasteiger partial charge in [-0.15, -0.1) is 0 Å². The molecule has 0 fully saturated rings. The Hall–Kier alpha value is -1.07. The van der Waals surface area contributed by atoms with E-state index >= 15 is 0 Å². The van der Waals surface area contributed by atoms with Gasteiger partial charge in [-0.3, -0.25) is 0 Å². The fourth-order valence-electron chi connectivity index (χ4n) is 1.28. The lowest BCUT2D eigenvalue weighted by atomic mass is 10.1. The van der Waals surface area contributed by atoms with Crippen molar-refractivity contribution in [2.75, 3.05) is 17.2 Å². The van der Waals surface area contributed by atoms with Crippen LogP contribution in [0.1, 0.15) is 18.5 Å². The van der Waals surface area contributed by atoms with E-state index in [0.29, 0.717) is 5.69 Å². The molecule has 0 heterocycles. The Morgan fingerprint density at radius 2 is 2.07 bits per heavy atom. The molecule has 1 aromatic carbocycles. The van der Waals surface area contributed by atoms with Crippen molar-refractivity contribution >= 4 is 15.5 Å². The van der Waals surface area contributed by atoms with Gasteiger partial charge in [-0.1, -0.05) is 19.1 Å². The molecule has 15 heavy (non-hydrogen) atoms. The molecule has 1 unspecified atom stereocenters. The molecule has 0 amide bonds. The highest BCUT2D eigenvalue weighted by Gasteiger charge is 2.15. The van der Waals surface area contributed by atoms with E-state index in [4.69, 9.17) is 11.5 Å². The Labute approximate surface area is 90.2 Å². The monoisotopic (exact) mass is 228 g/mol. The molecular weight excluding hydrogens is 212 g/mol. The van der Waals surface area contributed by atoms with Crippen LogP contribution in [0.5, 0.6) is 0 Å². The van der Waals surface area contributed by atoms with E-state index in [-0.39, 0.29) is 11.5 Å². The molecule has 0 saturated carbocycles. The van der Waals surface area contributed by atoms with E-state index in [2.05, 4.69) is 0 Å². The predicted molar refractivity (Wildman–Crippen MR) is 62.1 cm³/mol. The normalized spacial score (nSPS) is 13.7. The first-order valence-electron chi connectivity index (χ1n) is 4.76. The molecule has 1 rings (SSSR count). The maximum absolute atomic E-state index is 11.4. The zero-order valence-electron chi connectivity index (χ0n) is 8.68. The second-order valence-corrected chi connectivity index (χ2v) is 5.87. The summed E-state index contributed by atoms with van der Waals surface area (Å²) in [7, 11) is -3.05. The van der Waals surface area contributed by atoms with Crippen molar-refractivity contribution in [1.29, 1.82) is 0 Å². The first kappa shape index (κ1) is 12.0. The second kappa shape index (κ2) is 4.63. The minimum absolute atomic E-state index is 0.0348. The molecule has 0 aliphatic rings. The molecule has 4 nitrogen and oxygen atoms in total. The average molecular weight is 228 g/mol. The highest BCUT2D eigenvalue weighted by molar-refractivity contribution is 7.91. The lowest BCUT2D eigenvalue weighted by molar-refractivity contribution is 0.590. The van der Waals surface area contributed by atoms with Crippen LogP contribution in [0.2, 0.25) is 0 Å². The molecule has 0 radical (unpaired) electrons. The smallest absolute Gasteiger partial charge is 0.151 e. The quantitative estimate of drug-likeness (QED) is 0.743. The van der Waals surface area contributed by atoms with Crippen LogP contribution in [-0.4, -0.2) is 19.9 Å². The maximum Gasteiger partial charge on any atom is 0.151 e. The number of hydrogen-bond donors (Lipinski definition) is 2. The van der Waals surface area contributed by atoms with E-state index in [9.17, 15) is 8.42 Å². The number of hydrogen-bond acceptors (Lipinski definition) is 4. The molecule has 1 aromatic rings. The molecule has 0 saturated heterocycles. The molecule has 0 aliphatic carbocycles. The van der Waals surface area contributed by atoms with Crippen molar-refractivity contribution in [3.8, 4) is 0 Å². The van der Waals surface area contributed by atoms with Crippen LogP contribution < -0.4 is 11.5 Å². The van der Waals surface area contributed by atoms with Crippen molar-refractivity contribution in [2.45, 2.75) is 13.0 Å². The van der Waals surface area contributed by atoms with Gasteiger partial charge in [-0.25, -0.2) is 8.42 Å². The van der Waals surface area contributed by atoms with Gasteiger partial charge in [-0.05, 0) is 17.7 Å². The van der Waals surface area contributed by atoms with E-state index in [0.717, 1.165) is 5.56 Å². The summed E-state index contributed by atoms with van der Waals surface area (Å²) in [5, 5.41) is 0. The SMILES string of the molecule is CCS(=O)(=O)CC(N)c1cccc(N)c1. The molecular formula is C10H16N2O2S. The summed E-state index contributed by atoms with van der Waals surface area (Å²) in [6.07, 6.45) is 0. The first-order valence-corrected chi connectivity index (χ1v) is 6.58. The minimum atomic E-state index is -3.05. The van der Waals surface area contributed by atoms with Crippen LogP contribution >= 0.6 is 0 Å². The minimum Gasteiger partial charge on any atom is -0.399 e. The zero-order valence-corrected chi connectivity index (χ0v) is 9.50. The molecule has 0 bridgehead atoms. The number of benzene rings is 1. The van der Waals surface area contributed by atoms with Crippen molar-refractivity contribution in [2.24, 2.45) is 5.73 Å². The number of nitrogens with two attached hydrogens (primary N) is 2. The molecule has 0 aliphatic heterocycles. The number of sulfone groups is 1. The van der Waals surface area contributed by atoms with Gasteiger partial charge in [0.2, 0.25) is 0 Å². The van der Waals surface area contributed by atoms with Gasteiger partial charge in [0.1, 0.15) is 0 Å². The van der Waals surface area contributed by atoms with E-state index in [1.54, 1.807) is 31.2 Å². The van der Waals surface area contributed by atoms with E-state index in [1.165, 1.54) is 0 Å². The van der Waals surface area contributed by atoms with E-state index < -0.39 is 15.9 Å². The third-order valence-corrected chi connectivity index (χ3v) is 3.96. The van der Waals surface area contributed by atoms with E-state index in [1.807, 2.05) is 0 Å². The maximum atomic E-state index is 11.4. The average Bonchev–Trinajstić information content (AvgIpc) is 2.17. The molecule has 4 N–H and O–H groups in total. The third kappa shape index (κ3) is 3.53. The van der Waals surface area contributed by atoms with Crippen molar-refractivity contribution in [3.63, 3.8) is 0 Å². The Kier molecular flexibility index (Phi) is 3.71. The molecule has 1 atom stereocenters. The predicted octanol–water partition coefficient (Wildman–Crippen LogP) is 0.703. The Balaban J connectivity index is 2.82. The largest absolute Gasteiger partial charge is 0.399 e.